The first-order chi connectivity index (χ1) is 20.8. The normalized spacial score (nSPS) is 28.9. The molecule has 6 rings (SSSR count). The minimum Gasteiger partial charge on any atom is 0 e. The Balaban J connectivity index is -0.000000548. The molecule has 5 unspecified atom stereocenters. The molecular weight excluding hydrogens is 1260 g/mol. The predicted octanol–water partition coefficient (Wildman–Crippen LogP) is 6.72. The molecule has 0 aromatic heterocycles. The molecule has 0 aromatic rings. The zero-order chi connectivity index (χ0) is 33.8. The summed E-state index contributed by atoms with van der Waals surface area (Å²) in [6, 6.07) is 0. The van der Waals surface area contributed by atoms with Gasteiger partial charge in [0.05, 0.1) is 0 Å². The van der Waals surface area contributed by atoms with E-state index in [1.165, 1.54) is 12.0 Å². The molecule has 2 N–H and O–H groups in total. The van der Waals surface area contributed by atoms with Crippen LogP contribution in [0.25, 0.3) is 0 Å². The van der Waals surface area contributed by atoms with Crippen LogP contribution in [-0.2, 0) is 28.6 Å². The van der Waals surface area contributed by atoms with Crippen molar-refractivity contribution in [1.82, 2.24) is 0 Å². The van der Waals surface area contributed by atoms with Gasteiger partial charge in [-0.15, -0.1) is 24.0 Å². The molecular formula is C31H48I6O8. The van der Waals surface area contributed by atoms with Gasteiger partial charge in [0.15, 0.2) is 0 Å². The number of ether oxygens (including phenoxy) is 3. The van der Waals surface area contributed by atoms with E-state index < -0.39 is 5.79 Å². The third-order valence-corrected chi connectivity index (χ3v) is 8.50. The van der Waals surface area contributed by atoms with E-state index in [-0.39, 0.29) is 50.8 Å². The molecule has 0 aromatic carbocycles. The van der Waals surface area contributed by atoms with Crippen LogP contribution in [0.5, 0.6) is 0 Å². The Morgan fingerprint density at radius 2 is 1.47 bits per heavy atom. The summed E-state index contributed by atoms with van der Waals surface area (Å²) in [6.07, 6.45) is 9.96. The topological polar surface area (TPSA) is 119 Å². The minimum absolute atomic E-state index is 0. The maximum atomic E-state index is 11.2. The van der Waals surface area contributed by atoms with Crippen LogP contribution in [0.15, 0.2) is 45.3 Å². The Morgan fingerprint density at radius 3 is 2.07 bits per heavy atom. The summed E-state index contributed by atoms with van der Waals surface area (Å²) in [7, 11) is 1.00. The molecule has 3 aliphatic carbocycles. The van der Waals surface area contributed by atoms with E-state index in [1.54, 1.807) is 6.92 Å². The summed E-state index contributed by atoms with van der Waals surface area (Å²) in [5.41, 5.74) is 5.46. The van der Waals surface area contributed by atoms with Crippen LogP contribution in [0.2, 0.25) is 0 Å². The quantitative estimate of drug-likeness (QED) is 0.156. The zero-order valence-electron chi connectivity index (χ0n) is 27.7. The number of hydrogen-bond acceptors (Lipinski definition) is 8. The summed E-state index contributed by atoms with van der Waals surface area (Å²) < 4.78 is 15.3. The number of halogens is 6. The fraction of sp³-hybridized carbons (Fsp3) is 0.645. The van der Waals surface area contributed by atoms with Gasteiger partial charge >= 0.3 is 69.8 Å². The fourth-order valence-corrected chi connectivity index (χ4v) is 6.01. The molecule has 2 fully saturated rings. The maximum Gasteiger partial charge on any atom is 1.00 e. The number of hydrogen-bond donors (Lipinski definition) is 2. The van der Waals surface area contributed by atoms with Crippen LogP contribution >= 0.6 is 98.4 Å². The van der Waals surface area contributed by atoms with Gasteiger partial charge in [0.1, 0.15) is 11.9 Å². The Labute approximate surface area is 341 Å². The van der Waals surface area contributed by atoms with E-state index in [0.29, 0.717) is 43.0 Å². The van der Waals surface area contributed by atoms with E-state index >= 15 is 0 Å². The van der Waals surface area contributed by atoms with Crippen LogP contribution in [-0.4, -0.2) is 47.1 Å². The Bertz CT molecular complexity index is 1180. The predicted molar refractivity (Wildman–Crippen MR) is 220 cm³/mol. The van der Waals surface area contributed by atoms with Gasteiger partial charge in [-0.25, -0.2) is 14.4 Å². The molecule has 0 saturated heterocycles. The monoisotopic (exact) mass is 1310 g/mol. The number of carbonyl (C=O) groups is 3. The van der Waals surface area contributed by atoms with Gasteiger partial charge in [0.2, 0.25) is 5.79 Å². The van der Waals surface area contributed by atoms with Crippen LogP contribution in [0.4, 0.5) is 0 Å². The summed E-state index contributed by atoms with van der Waals surface area (Å²) in [5.74, 6) is 0.614. The summed E-state index contributed by atoms with van der Waals surface area (Å²) in [5, 5.41) is 17.0. The van der Waals surface area contributed by atoms with Crippen molar-refractivity contribution in [2.45, 2.75) is 105 Å². The van der Waals surface area contributed by atoms with Gasteiger partial charge in [-0.2, -0.15) is 0 Å². The van der Waals surface area contributed by atoms with Crippen molar-refractivity contribution in [3.05, 3.63) is 45.3 Å². The molecule has 0 bridgehead atoms. The number of esters is 3. The summed E-state index contributed by atoms with van der Waals surface area (Å²) in [4.78, 5) is 33.5. The SMILES string of the molecule is CC1=C2CCC(C)C=C2OC1=O.CC1=C2CCC(C)CC2(O)OC1=O.CC1=C2CCC(C)CC2OC1=O.CO.I.II.I[I-]I.[H+].[HH]. The molecule has 14 heteroatoms. The van der Waals surface area contributed by atoms with Crippen LogP contribution in [0.3, 0.4) is 0 Å². The molecule has 3 heterocycles. The van der Waals surface area contributed by atoms with Gasteiger partial charge < -0.3 is 24.4 Å². The molecule has 8 nitrogen and oxygen atoms in total. The van der Waals surface area contributed by atoms with Crippen LogP contribution < -0.4 is 13.3 Å². The molecule has 262 valence electrons. The Morgan fingerprint density at radius 1 is 0.889 bits per heavy atom. The average Bonchev–Trinajstić information content (AvgIpc) is 3.52. The molecule has 0 radical (unpaired) electrons. The second kappa shape index (κ2) is 23.2. The van der Waals surface area contributed by atoms with Crippen molar-refractivity contribution in [1.29, 1.82) is 0 Å². The van der Waals surface area contributed by atoms with Gasteiger partial charge in [0.25, 0.3) is 0 Å². The average molecular weight is 1310 g/mol. The molecule has 2 saturated carbocycles. The van der Waals surface area contributed by atoms with E-state index in [2.05, 4.69) is 95.2 Å². The standard InChI is InChI=1S/C10H14O3.C10H14O2.C10H12O2.CH4O.I3.I2.HI.H2/c1-6-3-4-8-7(2)9(11)13-10(8,12)5-6;2*1-6-3-4-8-7(2)10(11)12-9(8)5-6;1-2;1-3-2;1-2;;/h6,12H,3-5H2,1-2H3;6,9H,3-5H2,1-2H3;5-6H,3-4H2,1-2H3;2H,1H3;;;2*1H/q;;;;-1;;;/p+1. The Hall–Kier alpha value is 1.67. The largest absolute Gasteiger partial charge is 1.00 e. The molecule has 0 amide bonds. The minimum atomic E-state index is -1.27. The number of fused-ring (bicyclic) bond motifs is 3. The third kappa shape index (κ3) is 13.4. The molecule has 6 aliphatic rings. The molecule has 0 spiro atoms. The van der Waals surface area contributed by atoms with Gasteiger partial charge in [-0.1, -0.05) is 20.8 Å². The van der Waals surface area contributed by atoms with Crippen molar-refractivity contribution in [3.8, 4) is 0 Å². The molecule has 45 heavy (non-hydrogen) atoms. The van der Waals surface area contributed by atoms with Gasteiger partial charge in [-0.05, 0) is 95.1 Å². The van der Waals surface area contributed by atoms with Crippen molar-refractivity contribution < 1.29 is 54.9 Å². The number of aliphatic hydroxyl groups is 2. The number of carbonyl (C=O) groups excluding carboxylic acids is 3. The smallest absolute Gasteiger partial charge is 0 e. The van der Waals surface area contributed by atoms with Crippen molar-refractivity contribution in [2.75, 3.05) is 7.11 Å². The summed E-state index contributed by atoms with van der Waals surface area (Å²) in [6.45, 7) is 11.9. The van der Waals surface area contributed by atoms with Crippen LogP contribution in [0, 0.1) is 17.8 Å². The van der Waals surface area contributed by atoms with E-state index in [0.717, 1.165) is 73.7 Å². The van der Waals surface area contributed by atoms with Gasteiger partial charge in [0, 0.05) is 80.1 Å². The zero-order valence-corrected chi connectivity index (χ0v) is 39.8. The summed E-state index contributed by atoms with van der Waals surface area (Å²) >= 11 is 9.54. The first-order valence-corrected chi connectivity index (χ1v) is 33.3. The van der Waals surface area contributed by atoms with E-state index in [4.69, 9.17) is 19.3 Å². The number of rotatable bonds is 0. The van der Waals surface area contributed by atoms with Crippen molar-refractivity contribution in [3.63, 3.8) is 0 Å². The molecule has 5 atom stereocenters. The number of allylic oxidation sites excluding steroid dienone is 2. The van der Waals surface area contributed by atoms with Crippen LogP contribution in [0.1, 0.15) is 95.8 Å². The number of aliphatic hydroxyl groups excluding tert-OH is 1. The molecule has 3 aliphatic heterocycles. The van der Waals surface area contributed by atoms with Crippen molar-refractivity contribution >= 4 is 116 Å². The van der Waals surface area contributed by atoms with E-state index in [1.807, 2.05) is 19.9 Å². The maximum absolute atomic E-state index is 11.2. The first-order valence-electron chi connectivity index (χ1n) is 14.5. The van der Waals surface area contributed by atoms with Crippen molar-refractivity contribution in [2.24, 2.45) is 17.8 Å². The first kappa shape index (κ1) is 46.7. The Kier molecular flexibility index (Phi) is 24.1. The second-order valence-electron chi connectivity index (χ2n) is 11.6. The van der Waals surface area contributed by atoms with E-state index in [9.17, 15) is 19.5 Å². The fourth-order valence-electron chi connectivity index (χ4n) is 6.01. The second-order valence-corrected chi connectivity index (χ2v) is 27.9. The third-order valence-electron chi connectivity index (χ3n) is 8.50. The van der Waals surface area contributed by atoms with Gasteiger partial charge in [-0.3, -0.25) is 0 Å².